The average Bonchev–Trinajstić information content (AvgIpc) is 3.06. The van der Waals surface area contributed by atoms with Crippen LogP contribution in [0.1, 0.15) is 80.3 Å². The number of nitrogens with zero attached hydrogens (tertiary/aromatic N) is 1. The van der Waals surface area contributed by atoms with Crippen molar-refractivity contribution in [3.05, 3.63) is 70.3 Å². The van der Waals surface area contributed by atoms with E-state index in [1.54, 1.807) is 13.0 Å². The second-order valence-electron chi connectivity index (χ2n) is 12.9. The number of benzene rings is 2. The summed E-state index contributed by atoms with van der Waals surface area (Å²) < 4.78 is 35.3. The van der Waals surface area contributed by atoms with Gasteiger partial charge in [-0.05, 0) is 118 Å². The number of nitrogens with one attached hydrogen (secondary N) is 1. The molecule has 5 atom stereocenters. The first-order chi connectivity index (χ1) is 19.6. The predicted octanol–water partition coefficient (Wildman–Crippen LogP) is 6.66. The van der Waals surface area contributed by atoms with E-state index < -0.39 is 21.2 Å². The number of aryl methyl sites for hydroxylation is 1. The van der Waals surface area contributed by atoms with E-state index in [1.807, 2.05) is 25.1 Å². The Morgan fingerprint density at radius 1 is 1.07 bits per heavy atom. The summed E-state index contributed by atoms with van der Waals surface area (Å²) in [5, 5.41) is 0.0817. The van der Waals surface area contributed by atoms with E-state index in [4.69, 9.17) is 16.3 Å². The van der Waals surface area contributed by atoms with Gasteiger partial charge in [0.05, 0.1) is 17.5 Å². The molecule has 4 aliphatic rings. The zero-order valence-corrected chi connectivity index (χ0v) is 25.7. The molecular formula is C33H41ClN2O4S. The van der Waals surface area contributed by atoms with E-state index in [0.29, 0.717) is 24.0 Å². The van der Waals surface area contributed by atoms with Gasteiger partial charge in [0.2, 0.25) is 10.0 Å². The van der Waals surface area contributed by atoms with E-state index in [-0.39, 0.29) is 11.3 Å². The molecule has 2 aromatic rings. The highest BCUT2D eigenvalue weighted by Crippen LogP contribution is 2.47. The van der Waals surface area contributed by atoms with Crippen LogP contribution in [0.3, 0.4) is 0 Å². The maximum atomic E-state index is 13.3. The molecule has 2 heterocycles. The van der Waals surface area contributed by atoms with Crippen molar-refractivity contribution < 1.29 is 17.9 Å². The van der Waals surface area contributed by atoms with Crippen LogP contribution < -0.4 is 14.4 Å². The molecule has 6 nitrogen and oxygen atoms in total. The normalized spacial score (nSPS) is 31.6. The number of hydrogen-bond donors (Lipinski definition) is 1. The van der Waals surface area contributed by atoms with Crippen LogP contribution in [-0.4, -0.2) is 39.3 Å². The highest BCUT2D eigenvalue weighted by atomic mass is 35.5. The molecule has 2 aliphatic heterocycles. The van der Waals surface area contributed by atoms with Crippen molar-refractivity contribution >= 4 is 33.2 Å². The minimum atomic E-state index is -3.84. The number of allylic oxidation sites excluding steroid dienone is 1. The Labute approximate surface area is 249 Å². The minimum absolute atomic E-state index is 0.0708. The number of anilines is 1. The van der Waals surface area contributed by atoms with Gasteiger partial charge in [0.25, 0.3) is 5.91 Å². The third-order valence-corrected chi connectivity index (χ3v) is 12.5. The Hall–Kier alpha value is -2.51. The quantitative estimate of drug-likeness (QED) is 0.344. The molecule has 0 unspecified atom stereocenters. The first-order valence-electron chi connectivity index (χ1n) is 15.1. The predicted molar refractivity (Wildman–Crippen MR) is 164 cm³/mol. The van der Waals surface area contributed by atoms with E-state index in [9.17, 15) is 13.2 Å². The minimum Gasteiger partial charge on any atom is -0.490 e. The lowest BCUT2D eigenvalue weighted by molar-refractivity contribution is 0.0981. The summed E-state index contributed by atoms with van der Waals surface area (Å²) in [5.41, 5.74) is 4.86. The van der Waals surface area contributed by atoms with Crippen LogP contribution in [0.4, 0.5) is 5.69 Å². The lowest BCUT2D eigenvalue weighted by Crippen LogP contribution is -2.48. The van der Waals surface area contributed by atoms with Crippen LogP contribution in [0, 0.1) is 17.8 Å². The zero-order valence-electron chi connectivity index (χ0n) is 24.1. The molecule has 6 rings (SSSR count). The Balaban J connectivity index is 1.41. The van der Waals surface area contributed by atoms with Crippen LogP contribution in [0.25, 0.3) is 0 Å². The highest BCUT2D eigenvalue weighted by Gasteiger charge is 2.44. The van der Waals surface area contributed by atoms with Crippen molar-refractivity contribution in [1.82, 2.24) is 4.72 Å². The Morgan fingerprint density at radius 2 is 1.90 bits per heavy atom. The summed E-state index contributed by atoms with van der Waals surface area (Å²) in [5.74, 6) is 1.02. The Morgan fingerprint density at radius 3 is 2.68 bits per heavy atom. The molecule has 1 fully saturated rings. The van der Waals surface area contributed by atoms with E-state index in [0.717, 1.165) is 80.9 Å². The van der Waals surface area contributed by atoms with E-state index in [2.05, 4.69) is 28.3 Å². The van der Waals surface area contributed by atoms with Crippen LogP contribution in [0.5, 0.6) is 5.75 Å². The molecular weight excluding hydrogens is 556 g/mol. The molecule has 1 amide bonds. The van der Waals surface area contributed by atoms with Gasteiger partial charge in [-0.25, -0.2) is 13.1 Å². The van der Waals surface area contributed by atoms with Crippen LogP contribution in [0.2, 0.25) is 5.02 Å². The fourth-order valence-electron chi connectivity index (χ4n) is 7.52. The SMILES string of the molecule is C=C1CCC[C@H](C)[C@@H](C)S(=O)(=O)NC(=O)c2ccc3c(c2)N(C[C@@H]2CC[C@@H]12)C[C@@]1(CCCc2cc(Cl)ccc21)CO3. The zero-order chi connectivity index (χ0) is 28.9. The van der Waals surface area contributed by atoms with Gasteiger partial charge in [0.1, 0.15) is 5.75 Å². The summed E-state index contributed by atoms with van der Waals surface area (Å²) >= 11 is 6.40. The van der Waals surface area contributed by atoms with Crippen molar-refractivity contribution in [1.29, 1.82) is 0 Å². The third-order valence-electron chi connectivity index (χ3n) is 10.4. The molecule has 1 spiro atoms. The smallest absolute Gasteiger partial charge is 0.264 e. The summed E-state index contributed by atoms with van der Waals surface area (Å²) in [6, 6.07) is 11.6. The number of rotatable bonds is 0. The van der Waals surface area contributed by atoms with Gasteiger partial charge in [-0.2, -0.15) is 0 Å². The molecule has 1 saturated carbocycles. The number of carbonyl (C=O) groups excluding carboxylic acids is 1. The molecule has 2 bridgehead atoms. The Bertz CT molecular complexity index is 1470. The molecule has 0 radical (unpaired) electrons. The van der Waals surface area contributed by atoms with Gasteiger partial charge >= 0.3 is 0 Å². The maximum Gasteiger partial charge on any atom is 0.264 e. The van der Waals surface area contributed by atoms with Gasteiger partial charge < -0.3 is 9.64 Å². The van der Waals surface area contributed by atoms with Gasteiger partial charge in [0.15, 0.2) is 0 Å². The summed E-state index contributed by atoms with van der Waals surface area (Å²) in [7, 11) is -3.84. The van der Waals surface area contributed by atoms with Gasteiger partial charge in [0, 0.05) is 29.1 Å². The van der Waals surface area contributed by atoms with Gasteiger partial charge in [-0.1, -0.05) is 36.7 Å². The van der Waals surface area contributed by atoms with E-state index in [1.165, 1.54) is 16.7 Å². The topological polar surface area (TPSA) is 75.7 Å². The van der Waals surface area contributed by atoms with Crippen molar-refractivity contribution in [2.24, 2.45) is 17.8 Å². The fourth-order valence-corrected chi connectivity index (χ4v) is 9.03. The number of sulfonamides is 1. The lowest BCUT2D eigenvalue weighted by Gasteiger charge is -2.45. The molecule has 0 aromatic heterocycles. The number of halogens is 1. The lowest BCUT2D eigenvalue weighted by atomic mass is 9.67. The summed E-state index contributed by atoms with van der Waals surface area (Å²) in [6.45, 7) is 10.3. The second kappa shape index (κ2) is 11.0. The Kier molecular flexibility index (Phi) is 7.65. The van der Waals surface area contributed by atoms with Crippen molar-refractivity contribution in [3.63, 3.8) is 0 Å². The monoisotopic (exact) mass is 596 g/mol. The van der Waals surface area contributed by atoms with Crippen molar-refractivity contribution in [2.45, 2.75) is 75.9 Å². The van der Waals surface area contributed by atoms with Gasteiger partial charge in [-0.15, -0.1) is 0 Å². The van der Waals surface area contributed by atoms with Crippen molar-refractivity contribution in [2.75, 3.05) is 24.6 Å². The van der Waals surface area contributed by atoms with E-state index >= 15 is 0 Å². The second-order valence-corrected chi connectivity index (χ2v) is 15.4. The fraction of sp³-hybridized carbons (Fsp3) is 0.545. The summed E-state index contributed by atoms with van der Waals surface area (Å²) in [6.07, 6.45) is 7.97. The first-order valence-corrected chi connectivity index (χ1v) is 17.0. The molecule has 2 aromatic carbocycles. The first kappa shape index (κ1) is 28.6. The number of hydrogen-bond acceptors (Lipinski definition) is 5. The molecule has 220 valence electrons. The average molecular weight is 597 g/mol. The molecule has 0 saturated heterocycles. The van der Waals surface area contributed by atoms with Crippen LogP contribution in [0.15, 0.2) is 48.6 Å². The summed E-state index contributed by atoms with van der Waals surface area (Å²) in [4.78, 5) is 15.8. The van der Waals surface area contributed by atoms with Crippen molar-refractivity contribution in [3.8, 4) is 5.75 Å². The largest absolute Gasteiger partial charge is 0.490 e. The number of fused-ring (bicyclic) bond motifs is 4. The molecule has 2 aliphatic carbocycles. The van der Waals surface area contributed by atoms with Crippen LogP contribution in [-0.2, 0) is 21.9 Å². The molecule has 41 heavy (non-hydrogen) atoms. The number of ether oxygens (including phenoxy) is 1. The number of amides is 1. The maximum absolute atomic E-state index is 13.3. The number of carbonyl (C=O) groups is 1. The van der Waals surface area contributed by atoms with Crippen LogP contribution >= 0.6 is 11.6 Å². The third kappa shape index (κ3) is 5.40. The van der Waals surface area contributed by atoms with Gasteiger partial charge in [-0.3, -0.25) is 4.79 Å². The standard InChI is InChI=1S/C33H41ClN2O4S/c1-21-6-4-7-22(2)28-12-9-26(28)18-36-19-33(15-5-8-24-16-27(34)11-13-29(24)33)20-40-31-14-10-25(17-30(31)36)32(37)35-41(38,39)23(21)3/h10-11,13-14,16-17,21,23,26,28H,2,4-9,12,15,18-20H2,1,3H3,(H,35,37)/t21-,23+,26-,28-,33-/m0/s1. The molecule has 1 N–H and O–H groups in total. The molecule has 8 heteroatoms. The highest BCUT2D eigenvalue weighted by molar-refractivity contribution is 7.90.